The highest BCUT2D eigenvalue weighted by atomic mass is 16.3. The molecule has 2 rings (SSSR count). The predicted molar refractivity (Wildman–Crippen MR) is 54.8 cm³/mol. The molecule has 1 aliphatic rings. The van der Waals surface area contributed by atoms with Crippen molar-refractivity contribution in [3.8, 4) is 5.75 Å². The molecule has 1 aromatic carbocycles. The number of phenolic OH excluding ortho intramolecular Hbond substituents is 1. The molecule has 1 aliphatic carbocycles. The minimum atomic E-state index is 0.0244. The lowest BCUT2D eigenvalue weighted by molar-refractivity contribution is 0.0944. The fourth-order valence-electron chi connectivity index (χ4n) is 2.19. The number of hydrogen-bond donors (Lipinski definition) is 1. The molecule has 14 heavy (non-hydrogen) atoms. The summed E-state index contributed by atoms with van der Waals surface area (Å²) in [6.07, 6.45) is 0.772. The zero-order valence-corrected chi connectivity index (χ0v) is 8.72. The third-order valence-electron chi connectivity index (χ3n) is 3.03. The molecule has 1 N–H and O–H groups in total. The first-order valence-corrected chi connectivity index (χ1v) is 4.88. The Morgan fingerprint density at radius 2 is 2.00 bits per heavy atom. The summed E-state index contributed by atoms with van der Waals surface area (Å²) in [5.41, 5.74) is 3.51. The van der Waals surface area contributed by atoms with E-state index in [9.17, 15) is 9.90 Å². The van der Waals surface area contributed by atoms with Gasteiger partial charge in [-0.3, -0.25) is 4.79 Å². The van der Waals surface area contributed by atoms with Crippen LogP contribution < -0.4 is 0 Å². The Kier molecular flexibility index (Phi) is 1.88. The maximum absolute atomic E-state index is 11.8. The van der Waals surface area contributed by atoms with Gasteiger partial charge in [0.15, 0.2) is 5.78 Å². The van der Waals surface area contributed by atoms with Crippen LogP contribution in [0.2, 0.25) is 0 Å². The molecule has 0 aromatic heterocycles. The van der Waals surface area contributed by atoms with Crippen molar-refractivity contribution in [2.24, 2.45) is 5.92 Å². The lowest BCUT2D eigenvalue weighted by atomic mass is 10.00. The molecular formula is C12H14O2. The third kappa shape index (κ3) is 1.07. The normalized spacial score (nSPS) is 19.9. The largest absolute Gasteiger partial charge is 0.507 e. The maximum Gasteiger partial charge on any atom is 0.170 e. The van der Waals surface area contributed by atoms with Crippen molar-refractivity contribution >= 4 is 5.78 Å². The highest BCUT2D eigenvalue weighted by Gasteiger charge is 2.31. The van der Waals surface area contributed by atoms with Gasteiger partial charge in [0.1, 0.15) is 5.75 Å². The molecule has 1 unspecified atom stereocenters. The molecule has 0 saturated heterocycles. The topological polar surface area (TPSA) is 37.3 Å². The van der Waals surface area contributed by atoms with Gasteiger partial charge in [0, 0.05) is 5.92 Å². The highest BCUT2D eigenvalue weighted by molar-refractivity contribution is 6.05. The van der Waals surface area contributed by atoms with Gasteiger partial charge in [0.05, 0.1) is 5.56 Å². The lowest BCUT2D eigenvalue weighted by Crippen LogP contribution is -2.03. The number of fused-ring (bicyclic) bond motifs is 1. The first-order valence-electron chi connectivity index (χ1n) is 4.88. The van der Waals surface area contributed by atoms with Crippen LogP contribution in [0.3, 0.4) is 0 Å². The number of Topliss-reactive ketones (excluding diaryl/α,β-unsaturated/α-hetero) is 1. The van der Waals surface area contributed by atoms with Crippen LogP contribution >= 0.6 is 0 Å². The molecule has 0 radical (unpaired) electrons. The van der Waals surface area contributed by atoms with Crippen LogP contribution in [0, 0.1) is 19.8 Å². The maximum atomic E-state index is 11.8. The zero-order valence-electron chi connectivity index (χ0n) is 8.72. The van der Waals surface area contributed by atoms with Crippen LogP contribution in [0.25, 0.3) is 0 Å². The Bertz CT molecular complexity index is 419. The Morgan fingerprint density at radius 1 is 1.36 bits per heavy atom. The van der Waals surface area contributed by atoms with E-state index in [4.69, 9.17) is 0 Å². The van der Waals surface area contributed by atoms with Crippen LogP contribution in [0.1, 0.15) is 34.0 Å². The molecule has 2 heteroatoms. The number of rotatable bonds is 0. The lowest BCUT2D eigenvalue weighted by Gasteiger charge is -2.07. The number of aryl methyl sites for hydroxylation is 2. The van der Waals surface area contributed by atoms with E-state index < -0.39 is 0 Å². The average molecular weight is 190 g/mol. The van der Waals surface area contributed by atoms with Crippen molar-refractivity contribution in [1.82, 2.24) is 0 Å². The van der Waals surface area contributed by atoms with Crippen LogP contribution in [-0.2, 0) is 6.42 Å². The van der Waals surface area contributed by atoms with E-state index in [1.807, 2.05) is 26.8 Å². The Hall–Kier alpha value is -1.31. The second-order valence-corrected chi connectivity index (χ2v) is 4.18. The summed E-state index contributed by atoms with van der Waals surface area (Å²) >= 11 is 0. The summed E-state index contributed by atoms with van der Waals surface area (Å²) < 4.78 is 0. The van der Waals surface area contributed by atoms with Crippen molar-refractivity contribution in [2.45, 2.75) is 27.2 Å². The van der Waals surface area contributed by atoms with Gasteiger partial charge in [0.2, 0.25) is 0 Å². The van der Waals surface area contributed by atoms with E-state index in [0.717, 1.165) is 23.1 Å². The molecular weight excluding hydrogens is 176 g/mol. The second kappa shape index (κ2) is 2.84. The highest BCUT2D eigenvalue weighted by Crippen LogP contribution is 2.37. The fraction of sp³-hybridized carbons (Fsp3) is 0.417. The van der Waals surface area contributed by atoms with Crippen LogP contribution in [0.4, 0.5) is 0 Å². The summed E-state index contributed by atoms with van der Waals surface area (Å²) in [7, 11) is 0. The smallest absolute Gasteiger partial charge is 0.170 e. The van der Waals surface area contributed by atoms with Crippen molar-refractivity contribution in [3.63, 3.8) is 0 Å². The standard InChI is InChI=1S/C12H14O2/c1-6-4-7(2)11(13)10-9(6)5-8(3)12(10)14/h4,8,13H,5H2,1-3H3. The number of benzene rings is 1. The SMILES string of the molecule is Cc1cc(C)c2c(c1O)C(=O)C(C)C2. The Labute approximate surface area is 83.6 Å². The number of carbonyl (C=O) groups is 1. The molecule has 0 fully saturated rings. The zero-order chi connectivity index (χ0) is 10.5. The summed E-state index contributed by atoms with van der Waals surface area (Å²) in [5.74, 6) is 0.292. The molecule has 1 atom stereocenters. The van der Waals surface area contributed by atoms with Crippen molar-refractivity contribution in [2.75, 3.05) is 0 Å². The summed E-state index contributed by atoms with van der Waals surface area (Å²) in [6.45, 7) is 5.74. The van der Waals surface area contributed by atoms with E-state index in [0.29, 0.717) is 5.56 Å². The van der Waals surface area contributed by atoms with Crippen LogP contribution in [-0.4, -0.2) is 10.9 Å². The molecule has 0 aliphatic heterocycles. The van der Waals surface area contributed by atoms with Crippen molar-refractivity contribution in [3.05, 3.63) is 28.3 Å². The predicted octanol–water partition coefficient (Wildman–Crippen LogP) is 2.38. The molecule has 74 valence electrons. The molecule has 0 saturated carbocycles. The number of ketones is 1. The second-order valence-electron chi connectivity index (χ2n) is 4.18. The summed E-state index contributed by atoms with van der Waals surface area (Å²) in [4.78, 5) is 11.8. The van der Waals surface area contributed by atoms with Gasteiger partial charge in [-0.2, -0.15) is 0 Å². The van der Waals surface area contributed by atoms with Gasteiger partial charge in [-0.1, -0.05) is 13.0 Å². The van der Waals surface area contributed by atoms with Crippen molar-refractivity contribution in [1.29, 1.82) is 0 Å². The van der Waals surface area contributed by atoms with Gasteiger partial charge < -0.3 is 5.11 Å². The van der Waals surface area contributed by atoms with Gasteiger partial charge >= 0.3 is 0 Å². The molecule has 0 heterocycles. The summed E-state index contributed by atoms with van der Waals surface area (Å²) in [5, 5.41) is 9.81. The van der Waals surface area contributed by atoms with E-state index in [2.05, 4.69) is 0 Å². The molecule has 1 aromatic rings. The van der Waals surface area contributed by atoms with E-state index in [-0.39, 0.29) is 17.5 Å². The van der Waals surface area contributed by atoms with Crippen molar-refractivity contribution < 1.29 is 9.90 Å². The third-order valence-corrected chi connectivity index (χ3v) is 3.03. The first kappa shape index (κ1) is 9.25. The Morgan fingerprint density at radius 3 is 2.64 bits per heavy atom. The number of carbonyl (C=O) groups excluding carboxylic acids is 1. The number of aromatic hydroxyl groups is 1. The fourth-order valence-corrected chi connectivity index (χ4v) is 2.19. The quantitative estimate of drug-likeness (QED) is 0.682. The monoisotopic (exact) mass is 190 g/mol. The van der Waals surface area contributed by atoms with Crippen LogP contribution in [0.5, 0.6) is 5.75 Å². The van der Waals surface area contributed by atoms with Gasteiger partial charge in [0.25, 0.3) is 0 Å². The average Bonchev–Trinajstić information content (AvgIpc) is 2.41. The van der Waals surface area contributed by atoms with Gasteiger partial charge in [-0.25, -0.2) is 0 Å². The van der Waals surface area contributed by atoms with Crippen LogP contribution in [0.15, 0.2) is 6.07 Å². The first-order chi connectivity index (χ1) is 6.52. The Balaban J connectivity index is 2.74. The molecule has 0 bridgehead atoms. The molecule has 0 spiro atoms. The minimum absolute atomic E-state index is 0.0244. The molecule has 0 amide bonds. The van der Waals surface area contributed by atoms with E-state index >= 15 is 0 Å². The van der Waals surface area contributed by atoms with Gasteiger partial charge in [-0.15, -0.1) is 0 Å². The van der Waals surface area contributed by atoms with Gasteiger partial charge in [-0.05, 0) is 37.0 Å². The van der Waals surface area contributed by atoms with E-state index in [1.54, 1.807) is 0 Å². The number of phenols is 1. The molecule has 2 nitrogen and oxygen atoms in total. The van der Waals surface area contributed by atoms with E-state index in [1.165, 1.54) is 0 Å². The summed E-state index contributed by atoms with van der Waals surface area (Å²) in [6, 6.07) is 1.94. The number of hydrogen-bond acceptors (Lipinski definition) is 2. The minimum Gasteiger partial charge on any atom is -0.507 e.